The molecule has 1 aromatic carbocycles. The second-order valence-corrected chi connectivity index (χ2v) is 8.87. The molecular formula is C23H25FN4O2. The number of hydrogen-bond donors (Lipinski definition) is 1. The molecule has 4 aliphatic heterocycles. The zero-order valence-electron chi connectivity index (χ0n) is 16.8. The van der Waals surface area contributed by atoms with Crippen LogP contribution in [0.1, 0.15) is 42.9 Å². The Kier molecular flexibility index (Phi) is 4.19. The zero-order valence-corrected chi connectivity index (χ0v) is 16.8. The van der Waals surface area contributed by atoms with Gasteiger partial charge in [-0.05, 0) is 68.0 Å². The van der Waals surface area contributed by atoms with E-state index in [0.717, 1.165) is 50.0 Å². The van der Waals surface area contributed by atoms with Gasteiger partial charge in [-0.2, -0.15) is 4.39 Å². The van der Waals surface area contributed by atoms with Gasteiger partial charge < -0.3 is 19.9 Å². The molecule has 0 aliphatic carbocycles. The lowest BCUT2D eigenvalue weighted by molar-refractivity contribution is 0.0305. The minimum Gasteiger partial charge on any atom is -0.371 e. The fourth-order valence-corrected chi connectivity index (χ4v) is 5.70. The van der Waals surface area contributed by atoms with Gasteiger partial charge in [-0.25, -0.2) is 9.78 Å². The second-order valence-electron chi connectivity index (χ2n) is 8.87. The summed E-state index contributed by atoms with van der Waals surface area (Å²) in [4.78, 5) is 21.1. The first-order chi connectivity index (χ1) is 14.7. The number of aromatic nitrogens is 1. The van der Waals surface area contributed by atoms with E-state index in [0.29, 0.717) is 24.2 Å². The van der Waals surface area contributed by atoms with Crippen molar-refractivity contribution in [3.8, 4) is 0 Å². The number of urea groups is 1. The summed E-state index contributed by atoms with van der Waals surface area (Å²) in [5.41, 5.74) is 3.54. The monoisotopic (exact) mass is 408 g/mol. The normalized spacial score (nSPS) is 29.1. The van der Waals surface area contributed by atoms with Crippen molar-refractivity contribution in [2.75, 3.05) is 23.3 Å². The van der Waals surface area contributed by atoms with Crippen LogP contribution in [0.25, 0.3) is 0 Å². The Labute approximate surface area is 175 Å². The molecular weight excluding hydrogens is 383 g/mol. The van der Waals surface area contributed by atoms with Crippen molar-refractivity contribution in [1.82, 2.24) is 9.88 Å². The highest BCUT2D eigenvalue weighted by molar-refractivity contribution is 5.90. The molecule has 1 aromatic heterocycles. The van der Waals surface area contributed by atoms with Gasteiger partial charge in [0.1, 0.15) is 0 Å². The fourth-order valence-electron chi connectivity index (χ4n) is 5.70. The molecule has 3 saturated heterocycles. The molecule has 7 heteroatoms. The van der Waals surface area contributed by atoms with Crippen molar-refractivity contribution in [2.24, 2.45) is 0 Å². The number of benzene rings is 1. The maximum Gasteiger partial charge on any atom is 0.322 e. The molecule has 2 unspecified atom stereocenters. The number of ether oxygens (including phenoxy) is 1. The van der Waals surface area contributed by atoms with E-state index in [9.17, 15) is 9.18 Å². The van der Waals surface area contributed by atoms with Crippen molar-refractivity contribution in [1.29, 1.82) is 0 Å². The van der Waals surface area contributed by atoms with Crippen LogP contribution in [-0.4, -0.2) is 47.3 Å². The summed E-state index contributed by atoms with van der Waals surface area (Å²) in [6.07, 6.45) is 6.79. The van der Waals surface area contributed by atoms with Crippen molar-refractivity contribution < 1.29 is 13.9 Å². The van der Waals surface area contributed by atoms with Crippen LogP contribution in [0.2, 0.25) is 0 Å². The molecule has 6 rings (SSSR count). The number of pyridine rings is 1. The molecule has 0 radical (unpaired) electrons. The smallest absolute Gasteiger partial charge is 0.322 e. The average Bonchev–Trinajstić information content (AvgIpc) is 3.26. The minimum atomic E-state index is -0.392. The molecule has 2 amide bonds. The number of amides is 2. The number of hydrogen-bond acceptors (Lipinski definition) is 4. The van der Waals surface area contributed by atoms with Gasteiger partial charge in [0.2, 0.25) is 5.95 Å². The number of nitrogens with zero attached hydrogens (tertiary/aromatic N) is 3. The van der Waals surface area contributed by atoms with Crippen LogP contribution in [0, 0.1) is 5.95 Å². The summed E-state index contributed by atoms with van der Waals surface area (Å²) in [6.45, 7) is 1.87. The van der Waals surface area contributed by atoms with E-state index in [1.54, 1.807) is 0 Å². The van der Waals surface area contributed by atoms with Gasteiger partial charge in [-0.3, -0.25) is 0 Å². The quantitative estimate of drug-likeness (QED) is 0.767. The summed E-state index contributed by atoms with van der Waals surface area (Å²) >= 11 is 0. The van der Waals surface area contributed by atoms with Gasteiger partial charge in [-0.1, -0.05) is 0 Å². The van der Waals surface area contributed by atoms with Crippen LogP contribution in [0.3, 0.4) is 0 Å². The predicted molar refractivity (Wildman–Crippen MR) is 111 cm³/mol. The Morgan fingerprint density at radius 3 is 2.60 bits per heavy atom. The molecule has 0 saturated carbocycles. The van der Waals surface area contributed by atoms with Crippen LogP contribution in [0.4, 0.5) is 20.6 Å². The maximum absolute atomic E-state index is 14.1. The maximum atomic E-state index is 14.1. The summed E-state index contributed by atoms with van der Waals surface area (Å²) in [6, 6.07) is 9.78. The van der Waals surface area contributed by atoms with Gasteiger partial charge in [0, 0.05) is 42.3 Å². The highest BCUT2D eigenvalue weighted by Crippen LogP contribution is 2.44. The van der Waals surface area contributed by atoms with E-state index in [1.165, 1.54) is 11.9 Å². The highest BCUT2D eigenvalue weighted by Gasteiger charge is 2.43. The Morgan fingerprint density at radius 2 is 1.83 bits per heavy atom. The third kappa shape index (κ3) is 2.95. The molecule has 6 nitrogen and oxygen atoms in total. The third-order valence-electron chi connectivity index (χ3n) is 7.10. The molecule has 0 spiro atoms. The Hall–Kier alpha value is -2.67. The summed E-state index contributed by atoms with van der Waals surface area (Å²) < 4.78 is 20.0. The first kappa shape index (κ1) is 18.1. The highest BCUT2D eigenvalue weighted by atomic mass is 19.1. The van der Waals surface area contributed by atoms with Gasteiger partial charge in [-0.15, -0.1) is 0 Å². The number of nitrogens with one attached hydrogen (secondary N) is 1. The van der Waals surface area contributed by atoms with Crippen molar-refractivity contribution >= 4 is 17.4 Å². The Morgan fingerprint density at radius 1 is 1.07 bits per heavy atom. The molecule has 4 atom stereocenters. The molecule has 3 fully saturated rings. The van der Waals surface area contributed by atoms with Gasteiger partial charge in [0.25, 0.3) is 0 Å². The number of halogens is 1. The molecule has 156 valence electrons. The van der Waals surface area contributed by atoms with Crippen LogP contribution in [0.5, 0.6) is 0 Å². The standard InChI is InChI=1S/C23H25FN4O2/c24-22-20-11-16-5-8-21(19(20)9-10-25-22)28(16)23(29)26-14-1-3-15(4-2-14)27-12-17-6-7-18(13-27)30-17/h1-4,9-10,16-18,21H,5-8,11-13H2,(H,26,29)/t16-,17?,18?,21+/m0/s1. The Bertz CT molecular complexity index is 970. The molecule has 2 aromatic rings. The number of anilines is 2. The van der Waals surface area contributed by atoms with E-state index >= 15 is 0 Å². The minimum absolute atomic E-state index is 0.0318. The molecule has 4 aliphatic rings. The lowest BCUT2D eigenvalue weighted by Gasteiger charge is -2.36. The van der Waals surface area contributed by atoms with Gasteiger partial charge in [0.15, 0.2) is 0 Å². The summed E-state index contributed by atoms with van der Waals surface area (Å²) in [5, 5.41) is 3.05. The number of carbonyl (C=O) groups excluding carboxylic acids is 1. The lowest BCUT2D eigenvalue weighted by Crippen LogP contribution is -2.44. The second kappa shape index (κ2) is 6.94. The van der Waals surface area contributed by atoms with E-state index in [1.807, 2.05) is 23.1 Å². The topological polar surface area (TPSA) is 57.7 Å². The predicted octanol–water partition coefficient (Wildman–Crippen LogP) is 3.88. The van der Waals surface area contributed by atoms with Crippen LogP contribution in [-0.2, 0) is 11.2 Å². The van der Waals surface area contributed by atoms with Crippen molar-refractivity contribution in [3.63, 3.8) is 0 Å². The average molecular weight is 408 g/mol. The van der Waals surface area contributed by atoms with E-state index in [-0.39, 0.29) is 18.1 Å². The van der Waals surface area contributed by atoms with Gasteiger partial charge >= 0.3 is 6.03 Å². The van der Waals surface area contributed by atoms with Crippen molar-refractivity contribution in [2.45, 2.75) is 56.4 Å². The van der Waals surface area contributed by atoms with E-state index < -0.39 is 5.95 Å². The van der Waals surface area contributed by atoms with E-state index in [4.69, 9.17) is 4.74 Å². The number of rotatable bonds is 2. The van der Waals surface area contributed by atoms with Crippen LogP contribution in [0.15, 0.2) is 36.5 Å². The summed E-state index contributed by atoms with van der Waals surface area (Å²) in [5.74, 6) is -0.392. The number of fused-ring (bicyclic) bond motifs is 6. The largest absolute Gasteiger partial charge is 0.371 e. The van der Waals surface area contributed by atoms with Crippen LogP contribution >= 0.6 is 0 Å². The first-order valence-corrected chi connectivity index (χ1v) is 10.9. The number of carbonyl (C=O) groups is 1. The first-order valence-electron chi connectivity index (χ1n) is 10.9. The summed E-state index contributed by atoms with van der Waals surface area (Å²) in [7, 11) is 0. The zero-order chi connectivity index (χ0) is 20.2. The van der Waals surface area contributed by atoms with Crippen LogP contribution < -0.4 is 10.2 Å². The molecule has 5 heterocycles. The molecule has 30 heavy (non-hydrogen) atoms. The lowest BCUT2D eigenvalue weighted by atomic mass is 9.95. The Balaban J connectivity index is 1.17. The molecule has 1 N–H and O–H groups in total. The fraction of sp³-hybridized carbons (Fsp3) is 0.478. The molecule has 4 bridgehead atoms. The van der Waals surface area contributed by atoms with Crippen molar-refractivity contribution in [3.05, 3.63) is 53.6 Å². The third-order valence-corrected chi connectivity index (χ3v) is 7.10. The SMILES string of the molecule is O=C(Nc1ccc(N2CC3CCC(C2)O3)cc1)N1[C@H]2CC[C@@H]1c1ccnc(F)c1C2. The van der Waals surface area contributed by atoms with E-state index in [2.05, 4.69) is 27.3 Å². The number of morpholine rings is 1. The van der Waals surface area contributed by atoms with Gasteiger partial charge in [0.05, 0.1) is 18.2 Å².